The third-order valence-corrected chi connectivity index (χ3v) is 4.54. The summed E-state index contributed by atoms with van der Waals surface area (Å²) >= 11 is 0. The fourth-order valence-corrected chi connectivity index (χ4v) is 3.07. The first-order chi connectivity index (χ1) is 14.5. The maximum absolute atomic E-state index is 12.3. The van der Waals surface area contributed by atoms with Crippen LogP contribution in [0, 0.1) is 0 Å². The minimum absolute atomic E-state index is 0.0652. The molecule has 0 atom stereocenters. The molecule has 0 spiro atoms. The number of nitrogens with one attached hydrogen (secondary N) is 1. The summed E-state index contributed by atoms with van der Waals surface area (Å²) in [5.74, 6) is -0.296. The van der Waals surface area contributed by atoms with Gasteiger partial charge in [0.25, 0.3) is 11.8 Å². The second-order valence-corrected chi connectivity index (χ2v) is 6.28. The van der Waals surface area contributed by atoms with Crippen LogP contribution in [-0.2, 0) is 11.3 Å². The van der Waals surface area contributed by atoms with Crippen LogP contribution in [0.5, 0.6) is 17.4 Å². The molecular weight excluding hydrogens is 388 g/mol. The molecule has 2 N–H and O–H groups in total. The summed E-state index contributed by atoms with van der Waals surface area (Å²) < 4.78 is 12.0. The van der Waals surface area contributed by atoms with E-state index in [1.807, 2.05) is 25.1 Å². The number of para-hydroxylation sites is 1. The average molecular weight is 410 g/mol. The Bertz CT molecular complexity index is 1120. The third kappa shape index (κ3) is 4.09. The summed E-state index contributed by atoms with van der Waals surface area (Å²) in [6, 6.07) is 12.0. The Morgan fingerprint density at radius 2 is 1.83 bits per heavy atom. The summed E-state index contributed by atoms with van der Waals surface area (Å²) in [7, 11) is 2.96. The van der Waals surface area contributed by atoms with Gasteiger partial charge in [0.2, 0.25) is 5.88 Å². The highest BCUT2D eigenvalue weighted by Gasteiger charge is 2.16. The number of aromatic nitrogens is 1. The zero-order valence-corrected chi connectivity index (χ0v) is 16.9. The zero-order chi connectivity index (χ0) is 21.7. The molecule has 0 aliphatic heterocycles. The van der Waals surface area contributed by atoms with Crippen molar-refractivity contribution in [1.82, 2.24) is 9.88 Å². The second kappa shape index (κ2) is 9.08. The van der Waals surface area contributed by atoms with Crippen molar-refractivity contribution in [1.29, 1.82) is 0 Å². The third-order valence-electron chi connectivity index (χ3n) is 4.54. The van der Waals surface area contributed by atoms with Gasteiger partial charge < -0.3 is 24.5 Å². The molecule has 30 heavy (non-hydrogen) atoms. The molecule has 3 aromatic rings. The van der Waals surface area contributed by atoms with Gasteiger partial charge in [-0.25, -0.2) is 0 Å². The number of aryl methyl sites for hydroxylation is 1. The van der Waals surface area contributed by atoms with Gasteiger partial charge in [-0.15, -0.1) is 10.2 Å². The van der Waals surface area contributed by atoms with Crippen molar-refractivity contribution in [2.24, 2.45) is 10.2 Å². The van der Waals surface area contributed by atoms with E-state index in [2.05, 4.69) is 15.5 Å². The van der Waals surface area contributed by atoms with Crippen molar-refractivity contribution >= 4 is 28.4 Å². The van der Waals surface area contributed by atoms with Crippen LogP contribution in [0.4, 0.5) is 5.69 Å². The first-order valence-corrected chi connectivity index (χ1v) is 9.25. The van der Waals surface area contributed by atoms with Crippen molar-refractivity contribution in [3.63, 3.8) is 0 Å². The van der Waals surface area contributed by atoms with Crippen LogP contribution in [-0.4, -0.2) is 42.3 Å². The van der Waals surface area contributed by atoms with E-state index < -0.39 is 11.8 Å². The van der Waals surface area contributed by atoms with E-state index in [0.29, 0.717) is 29.0 Å². The van der Waals surface area contributed by atoms with Crippen LogP contribution in [0.2, 0.25) is 0 Å². The predicted octanol–water partition coefficient (Wildman–Crippen LogP) is 3.42. The molecule has 1 aromatic heterocycles. The maximum Gasteiger partial charge on any atom is 0.283 e. The highest BCUT2D eigenvalue weighted by Crippen LogP contribution is 2.38. The number of rotatable bonds is 7. The molecule has 0 saturated heterocycles. The zero-order valence-electron chi connectivity index (χ0n) is 16.9. The summed E-state index contributed by atoms with van der Waals surface area (Å²) in [5.41, 5.74) is 1.31. The molecule has 3 rings (SSSR count). The number of ether oxygens (including phenoxy) is 2. The van der Waals surface area contributed by atoms with Crippen molar-refractivity contribution in [2.75, 3.05) is 20.8 Å². The molecule has 0 bridgehead atoms. The monoisotopic (exact) mass is 410 g/mol. The Hall–Kier alpha value is -3.88. The number of aromatic hydroxyl groups is 1. The lowest BCUT2D eigenvalue weighted by Crippen LogP contribution is -2.28. The van der Waals surface area contributed by atoms with E-state index in [1.165, 1.54) is 20.3 Å². The Morgan fingerprint density at radius 1 is 1.10 bits per heavy atom. The number of hydrogen-bond acceptors (Lipinski definition) is 6. The molecule has 0 aliphatic rings. The molecule has 9 heteroatoms. The largest absolute Gasteiger partial charge is 0.493 e. The van der Waals surface area contributed by atoms with Crippen molar-refractivity contribution < 1.29 is 24.2 Å². The Labute approximate surface area is 172 Å². The van der Waals surface area contributed by atoms with E-state index in [1.54, 1.807) is 22.8 Å². The van der Waals surface area contributed by atoms with Gasteiger partial charge in [-0.3, -0.25) is 9.59 Å². The predicted molar refractivity (Wildman–Crippen MR) is 111 cm³/mol. The molecule has 0 fully saturated rings. The summed E-state index contributed by atoms with van der Waals surface area (Å²) in [5, 5.41) is 21.1. The lowest BCUT2D eigenvalue weighted by atomic mass is 10.2. The number of hydrogen-bond donors (Lipinski definition) is 2. The lowest BCUT2D eigenvalue weighted by molar-refractivity contribution is -0.117. The fourth-order valence-electron chi connectivity index (χ4n) is 3.07. The minimum atomic E-state index is -0.656. The number of azo groups is 1. The minimum Gasteiger partial charge on any atom is -0.493 e. The molecule has 0 saturated carbocycles. The van der Waals surface area contributed by atoms with E-state index in [4.69, 9.17) is 9.47 Å². The quantitative estimate of drug-likeness (QED) is 0.579. The number of carbonyl (C=O) groups excluding carboxylic acids is 2. The van der Waals surface area contributed by atoms with Crippen molar-refractivity contribution in [3.8, 4) is 17.4 Å². The molecule has 2 amide bonds. The Morgan fingerprint density at radius 3 is 2.53 bits per heavy atom. The SMILES string of the molecule is CCn1c(O)c(N=NC(=O)CNC(=O)c2ccc(OC)c(OC)c2)c2ccccc21. The molecule has 0 aliphatic carbocycles. The van der Waals surface area contributed by atoms with Gasteiger partial charge >= 0.3 is 0 Å². The molecule has 0 radical (unpaired) electrons. The fraction of sp³-hybridized carbons (Fsp3) is 0.238. The Balaban J connectivity index is 1.69. The second-order valence-electron chi connectivity index (χ2n) is 6.28. The Kier molecular flexibility index (Phi) is 6.31. The maximum atomic E-state index is 12.3. The van der Waals surface area contributed by atoms with Crippen LogP contribution in [0.3, 0.4) is 0 Å². The summed E-state index contributed by atoms with van der Waals surface area (Å²) in [4.78, 5) is 24.4. The number of fused-ring (bicyclic) bond motifs is 1. The number of nitrogens with zero attached hydrogens (tertiary/aromatic N) is 3. The first kappa shape index (κ1) is 20.8. The number of amides is 2. The van der Waals surface area contributed by atoms with Crippen LogP contribution in [0.1, 0.15) is 17.3 Å². The van der Waals surface area contributed by atoms with Crippen LogP contribution >= 0.6 is 0 Å². The van der Waals surface area contributed by atoms with Gasteiger partial charge in [-0.1, -0.05) is 18.2 Å². The van der Waals surface area contributed by atoms with Gasteiger partial charge in [0.05, 0.1) is 19.7 Å². The van der Waals surface area contributed by atoms with Gasteiger partial charge in [0.15, 0.2) is 17.2 Å². The van der Waals surface area contributed by atoms with Crippen molar-refractivity contribution in [3.05, 3.63) is 48.0 Å². The van der Waals surface area contributed by atoms with Crippen LogP contribution in [0.15, 0.2) is 52.7 Å². The molecule has 156 valence electrons. The van der Waals surface area contributed by atoms with E-state index in [9.17, 15) is 14.7 Å². The van der Waals surface area contributed by atoms with Crippen LogP contribution in [0.25, 0.3) is 10.9 Å². The van der Waals surface area contributed by atoms with Gasteiger partial charge in [-0.05, 0) is 31.2 Å². The van der Waals surface area contributed by atoms with Gasteiger partial charge in [-0.2, -0.15) is 0 Å². The van der Waals surface area contributed by atoms with E-state index in [-0.39, 0.29) is 18.1 Å². The molecule has 2 aromatic carbocycles. The summed E-state index contributed by atoms with van der Waals surface area (Å²) in [6.45, 7) is 2.09. The first-order valence-electron chi connectivity index (χ1n) is 9.25. The lowest BCUT2D eigenvalue weighted by Gasteiger charge is -2.09. The topological polar surface area (TPSA) is 115 Å². The van der Waals surface area contributed by atoms with Gasteiger partial charge in [0.1, 0.15) is 6.54 Å². The number of methoxy groups -OCH3 is 2. The van der Waals surface area contributed by atoms with Crippen LogP contribution < -0.4 is 14.8 Å². The highest BCUT2D eigenvalue weighted by atomic mass is 16.5. The van der Waals surface area contributed by atoms with E-state index >= 15 is 0 Å². The standard InChI is InChI=1S/C21H22N4O5/c1-4-25-15-8-6-5-7-14(15)19(21(25)28)24-23-18(26)12-22-20(27)13-9-10-16(29-2)17(11-13)30-3/h5-11,28H,4,12H2,1-3H3,(H,22,27). The average Bonchev–Trinajstić information content (AvgIpc) is 3.05. The normalized spacial score (nSPS) is 11.0. The molecule has 0 unspecified atom stereocenters. The van der Waals surface area contributed by atoms with Gasteiger partial charge in [0, 0.05) is 17.5 Å². The smallest absolute Gasteiger partial charge is 0.283 e. The number of carbonyl (C=O) groups is 2. The number of benzene rings is 2. The van der Waals surface area contributed by atoms with E-state index in [0.717, 1.165) is 5.52 Å². The molecule has 1 heterocycles. The van der Waals surface area contributed by atoms with Crippen molar-refractivity contribution in [2.45, 2.75) is 13.5 Å². The highest BCUT2D eigenvalue weighted by molar-refractivity contribution is 5.97. The molecule has 9 nitrogen and oxygen atoms in total. The molecular formula is C21H22N4O5. The summed E-state index contributed by atoms with van der Waals surface area (Å²) in [6.07, 6.45) is 0.